The molecule has 16 heavy (non-hydrogen) atoms. The molecule has 82 valence electrons. The van der Waals surface area contributed by atoms with Crippen LogP contribution < -0.4 is 0 Å². The van der Waals surface area contributed by atoms with E-state index in [-0.39, 0.29) is 0 Å². The first-order valence-corrected chi connectivity index (χ1v) is 6.53. The maximum atomic E-state index is 5.90. The molecule has 2 rings (SSSR count). The lowest BCUT2D eigenvalue weighted by atomic mass is 10.1. The van der Waals surface area contributed by atoms with Gasteiger partial charge in [0, 0.05) is 17.1 Å². The van der Waals surface area contributed by atoms with Crippen molar-refractivity contribution in [3.05, 3.63) is 55.9 Å². The Bertz CT molecular complexity index is 500. The average molecular weight is 362 g/mol. The molecule has 0 aliphatic carbocycles. The first-order valence-electron chi connectivity index (χ1n) is 4.56. The van der Waals surface area contributed by atoms with Crippen molar-refractivity contribution in [3.63, 3.8) is 0 Å². The number of rotatable bonds is 2. The van der Waals surface area contributed by atoms with Crippen molar-refractivity contribution in [2.24, 2.45) is 0 Å². The van der Waals surface area contributed by atoms with Gasteiger partial charge in [0.1, 0.15) is 11.0 Å². The van der Waals surface area contributed by atoms with E-state index in [1.165, 1.54) is 0 Å². The summed E-state index contributed by atoms with van der Waals surface area (Å²) in [6, 6.07) is 8.05. The number of benzene rings is 1. The van der Waals surface area contributed by atoms with Gasteiger partial charge >= 0.3 is 0 Å². The predicted molar refractivity (Wildman–Crippen MR) is 71.7 cm³/mol. The van der Waals surface area contributed by atoms with Crippen LogP contribution in [0.3, 0.4) is 0 Å². The third kappa shape index (κ3) is 3.03. The molecule has 2 nitrogen and oxygen atoms in total. The van der Waals surface area contributed by atoms with Crippen molar-refractivity contribution in [2.75, 3.05) is 0 Å². The molecule has 0 bridgehead atoms. The minimum Gasteiger partial charge on any atom is -0.240 e. The summed E-state index contributed by atoms with van der Waals surface area (Å²) >= 11 is 12.6. The highest BCUT2D eigenvalue weighted by molar-refractivity contribution is 9.10. The van der Waals surface area contributed by atoms with Gasteiger partial charge in [0.25, 0.3) is 0 Å². The molecule has 5 heteroatoms. The van der Waals surface area contributed by atoms with E-state index in [4.69, 9.17) is 11.6 Å². The van der Waals surface area contributed by atoms with Crippen molar-refractivity contribution in [3.8, 4) is 0 Å². The smallest absolute Gasteiger partial charge is 0.146 e. The maximum Gasteiger partial charge on any atom is 0.146 e. The number of aromatic nitrogens is 2. The first-order chi connectivity index (χ1) is 7.65. The van der Waals surface area contributed by atoms with Crippen LogP contribution in [0.15, 0.2) is 39.4 Å². The van der Waals surface area contributed by atoms with Crippen LogP contribution in [0.25, 0.3) is 0 Å². The molecular weight excluding hydrogens is 355 g/mol. The fourth-order valence-electron chi connectivity index (χ4n) is 1.25. The van der Waals surface area contributed by atoms with Gasteiger partial charge < -0.3 is 0 Å². The molecule has 0 amide bonds. The molecule has 0 fully saturated rings. The zero-order valence-electron chi connectivity index (χ0n) is 8.12. The predicted octanol–water partition coefficient (Wildman–Crippen LogP) is 4.25. The van der Waals surface area contributed by atoms with Gasteiger partial charge in [0.05, 0.1) is 4.47 Å². The second kappa shape index (κ2) is 5.25. The largest absolute Gasteiger partial charge is 0.240 e. The standard InChI is InChI=1S/C11H7Br2ClN2/c12-8-3-1-7(2-4-8)5-10-15-6-9(13)11(14)16-10/h1-4,6H,5H2. The minimum absolute atomic E-state index is 0.446. The van der Waals surface area contributed by atoms with Gasteiger partial charge in [-0.3, -0.25) is 0 Å². The zero-order chi connectivity index (χ0) is 11.5. The fourth-order valence-corrected chi connectivity index (χ4v) is 1.85. The molecule has 0 atom stereocenters. The van der Waals surface area contributed by atoms with E-state index in [1.54, 1.807) is 6.20 Å². The number of hydrogen-bond donors (Lipinski definition) is 0. The van der Waals surface area contributed by atoms with E-state index in [0.717, 1.165) is 15.9 Å². The normalized spacial score (nSPS) is 10.4. The highest BCUT2D eigenvalue weighted by Gasteiger charge is 2.03. The minimum atomic E-state index is 0.446. The van der Waals surface area contributed by atoms with E-state index in [9.17, 15) is 0 Å². The lowest BCUT2D eigenvalue weighted by Crippen LogP contribution is -1.96. The average Bonchev–Trinajstić information content (AvgIpc) is 2.27. The van der Waals surface area contributed by atoms with Crippen LogP contribution in [0.5, 0.6) is 0 Å². The number of nitrogens with zero attached hydrogens (tertiary/aromatic N) is 2. The molecular formula is C11H7Br2ClN2. The lowest BCUT2D eigenvalue weighted by molar-refractivity contribution is 0.962. The van der Waals surface area contributed by atoms with Crippen LogP contribution in [0.4, 0.5) is 0 Å². The van der Waals surface area contributed by atoms with Gasteiger partial charge in [-0.2, -0.15) is 0 Å². The molecule has 1 aromatic heterocycles. The summed E-state index contributed by atoms with van der Waals surface area (Å²) in [5.41, 5.74) is 1.15. The summed E-state index contributed by atoms with van der Waals surface area (Å²) in [7, 11) is 0. The molecule has 1 heterocycles. The van der Waals surface area contributed by atoms with Crippen molar-refractivity contribution < 1.29 is 0 Å². The van der Waals surface area contributed by atoms with Crippen molar-refractivity contribution >= 4 is 43.5 Å². The summed E-state index contributed by atoms with van der Waals surface area (Å²) in [5, 5.41) is 0.446. The second-order valence-corrected chi connectivity index (χ2v) is 5.36. The van der Waals surface area contributed by atoms with Crippen LogP contribution in [0, 0.1) is 0 Å². The Morgan fingerprint density at radius 2 is 1.81 bits per heavy atom. The summed E-state index contributed by atoms with van der Waals surface area (Å²) in [4.78, 5) is 8.39. The third-order valence-electron chi connectivity index (χ3n) is 2.03. The Hall–Kier alpha value is -0.450. The molecule has 0 N–H and O–H groups in total. The van der Waals surface area contributed by atoms with Crippen molar-refractivity contribution in [1.82, 2.24) is 9.97 Å². The zero-order valence-corrected chi connectivity index (χ0v) is 12.1. The van der Waals surface area contributed by atoms with E-state index in [0.29, 0.717) is 16.0 Å². The fraction of sp³-hybridized carbons (Fsp3) is 0.0909. The Morgan fingerprint density at radius 3 is 2.44 bits per heavy atom. The summed E-state index contributed by atoms with van der Waals surface area (Å²) in [5.74, 6) is 0.718. The quantitative estimate of drug-likeness (QED) is 0.747. The van der Waals surface area contributed by atoms with Gasteiger partial charge in [-0.25, -0.2) is 9.97 Å². The third-order valence-corrected chi connectivity index (χ3v) is 3.65. The van der Waals surface area contributed by atoms with Gasteiger partial charge in [-0.15, -0.1) is 0 Å². The molecule has 0 radical (unpaired) electrons. The summed E-state index contributed by atoms with van der Waals surface area (Å²) in [6.45, 7) is 0. The Balaban J connectivity index is 2.20. The van der Waals surface area contributed by atoms with Crippen LogP contribution in [-0.4, -0.2) is 9.97 Å². The van der Waals surface area contributed by atoms with Crippen LogP contribution >= 0.6 is 43.5 Å². The first kappa shape index (κ1) is 12.0. The second-order valence-electron chi connectivity index (χ2n) is 3.23. The van der Waals surface area contributed by atoms with E-state index in [1.807, 2.05) is 24.3 Å². The van der Waals surface area contributed by atoms with Gasteiger partial charge in [-0.05, 0) is 33.6 Å². The van der Waals surface area contributed by atoms with Gasteiger partial charge in [-0.1, -0.05) is 39.7 Å². The van der Waals surface area contributed by atoms with E-state index < -0.39 is 0 Å². The van der Waals surface area contributed by atoms with Gasteiger partial charge in [0.15, 0.2) is 0 Å². The highest BCUT2D eigenvalue weighted by Crippen LogP contribution is 2.19. The van der Waals surface area contributed by atoms with Crippen LogP contribution in [0.1, 0.15) is 11.4 Å². The highest BCUT2D eigenvalue weighted by atomic mass is 79.9. The SMILES string of the molecule is Clc1nc(Cc2ccc(Br)cc2)ncc1Br. The topological polar surface area (TPSA) is 25.8 Å². The maximum absolute atomic E-state index is 5.90. The molecule has 2 aromatic rings. The summed E-state index contributed by atoms with van der Waals surface area (Å²) < 4.78 is 1.78. The van der Waals surface area contributed by atoms with Gasteiger partial charge in [0.2, 0.25) is 0 Å². The lowest BCUT2D eigenvalue weighted by Gasteiger charge is -2.02. The van der Waals surface area contributed by atoms with Crippen molar-refractivity contribution in [2.45, 2.75) is 6.42 Å². The van der Waals surface area contributed by atoms with Crippen molar-refractivity contribution in [1.29, 1.82) is 0 Å². The molecule has 0 unspecified atom stereocenters. The van der Waals surface area contributed by atoms with Crippen LogP contribution in [-0.2, 0) is 6.42 Å². The van der Waals surface area contributed by atoms with E-state index in [2.05, 4.69) is 41.8 Å². The monoisotopic (exact) mass is 360 g/mol. The Labute approximate surface area is 115 Å². The van der Waals surface area contributed by atoms with Crippen LogP contribution in [0.2, 0.25) is 5.15 Å². The number of halogens is 3. The molecule has 0 saturated heterocycles. The Morgan fingerprint density at radius 1 is 1.12 bits per heavy atom. The Kier molecular flexibility index (Phi) is 3.95. The molecule has 0 aliphatic rings. The molecule has 0 spiro atoms. The van der Waals surface area contributed by atoms with E-state index >= 15 is 0 Å². The molecule has 0 aliphatic heterocycles. The number of hydrogen-bond acceptors (Lipinski definition) is 2. The molecule has 0 saturated carbocycles. The molecule has 1 aromatic carbocycles. The summed E-state index contributed by atoms with van der Waals surface area (Å²) in [6.07, 6.45) is 2.35.